The number of aromatic nitrogens is 2. The molecular formula is C12H11N3O2. The predicted octanol–water partition coefficient (Wildman–Crippen LogP) is 2.11. The summed E-state index contributed by atoms with van der Waals surface area (Å²) in [7, 11) is 0. The molecule has 1 aliphatic heterocycles. The SMILES string of the molecule is C=C1CC(Cc2ccc3c(cnn3O)c2)=NO1. The summed E-state index contributed by atoms with van der Waals surface area (Å²) in [4.78, 5) is 5.84. The monoisotopic (exact) mass is 229 g/mol. The van der Waals surface area contributed by atoms with Crippen molar-refractivity contribution in [3.63, 3.8) is 0 Å². The second kappa shape index (κ2) is 3.62. The van der Waals surface area contributed by atoms with E-state index >= 15 is 0 Å². The Hall–Kier alpha value is -2.30. The average molecular weight is 229 g/mol. The number of rotatable bonds is 2. The van der Waals surface area contributed by atoms with Crippen molar-refractivity contribution < 1.29 is 10.0 Å². The van der Waals surface area contributed by atoms with Crippen LogP contribution in [-0.2, 0) is 11.3 Å². The summed E-state index contributed by atoms with van der Waals surface area (Å²) in [5.41, 5.74) is 2.77. The van der Waals surface area contributed by atoms with Crippen LogP contribution in [0.25, 0.3) is 10.9 Å². The maximum absolute atomic E-state index is 9.37. The van der Waals surface area contributed by atoms with Gasteiger partial charge in [-0.1, -0.05) is 17.8 Å². The molecule has 5 heteroatoms. The van der Waals surface area contributed by atoms with E-state index in [0.29, 0.717) is 17.7 Å². The highest BCUT2D eigenvalue weighted by Gasteiger charge is 2.13. The Morgan fingerprint density at radius 1 is 1.47 bits per heavy atom. The molecule has 3 rings (SSSR count). The first-order valence-electron chi connectivity index (χ1n) is 5.29. The second-order valence-corrected chi connectivity index (χ2v) is 4.07. The van der Waals surface area contributed by atoms with Gasteiger partial charge in [0.15, 0.2) is 0 Å². The van der Waals surface area contributed by atoms with Crippen LogP contribution in [0, 0.1) is 0 Å². The molecule has 1 aromatic heterocycles. The molecule has 5 nitrogen and oxygen atoms in total. The lowest BCUT2D eigenvalue weighted by molar-refractivity contribution is 0.161. The molecule has 0 radical (unpaired) electrons. The average Bonchev–Trinajstić information content (AvgIpc) is 2.87. The van der Waals surface area contributed by atoms with Crippen LogP contribution in [-0.4, -0.2) is 20.9 Å². The maximum Gasteiger partial charge on any atom is 0.133 e. The summed E-state index contributed by atoms with van der Waals surface area (Å²) in [5, 5.41) is 18.0. The van der Waals surface area contributed by atoms with E-state index in [1.54, 1.807) is 6.20 Å². The van der Waals surface area contributed by atoms with Crippen LogP contribution in [0.4, 0.5) is 0 Å². The van der Waals surface area contributed by atoms with E-state index < -0.39 is 0 Å². The molecular weight excluding hydrogens is 218 g/mol. The third-order valence-electron chi connectivity index (χ3n) is 2.73. The van der Waals surface area contributed by atoms with E-state index in [-0.39, 0.29) is 0 Å². The molecule has 0 unspecified atom stereocenters. The molecule has 2 aromatic rings. The van der Waals surface area contributed by atoms with Crippen molar-refractivity contribution in [3.8, 4) is 0 Å². The fourth-order valence-corrected chi connectivity index (χ4v) is 1.93. The van der Waals surface area contributed by atoms with E-state index in [1.165, 1.54) is 0 Å². The number of hydrogen-bond acceptors (Lipinski definition) is 4. The third kappa shape index (κ3) is 1.75. The number of hydrogen-bond donors (Lipinski definition) is 1. The standard InChI is InChI=1S/C12H11N3O2/c1-8-4-11(14-17-8)6-9-2-3-12-10(5-9)7-13-15(12)16/h2-3,5,7,16H,1,4,6H2. The van der Waals surface area contributed by atoms with Gasteiger partial charge in [0.05, 0.1) is 18.3 Å². The summed E-state index contributed by atoms with van der Waals surface area (Å²) in [5.74, 6) is 0.684. The zero-order valence-electron chi connectivity index (χ0n) is 9.13. The largest absolute Gasteiger partial charge is 0.411 e. The molecule has 2 heterocycles. The van der Waals surface area contributed by atoms with Gasteiger partial charge in [-0.25, -0.2) is 0 Å². The van der Waals surface area contributed by atoms with Crippen molar-refractivity contribution in [3.05, 3.63) is 42.3 Å². The van der Waals surface area contributed by atoms with Crippen molar-refractivity contribution in [2.24, 2.45) is 5.16 Å². The van der Waals surface area contributed by atoms with E-state index in [4.69, 9.17) is 4.84 Å². The first-order valence-corrected chi connectivity index (χ1v) is 5.29. The summed E-state index contributed by atoms with van der Waals surface area (Å²) in [6, 6.07) is 5.77. The first-order chi connectivity index (χ1) is 8.22. The van der Waals surface area contributed by atoms with Crippen LogP contribution >= 0.6 is 0 Å². The molecule has 1 aromatic carbocycles. The Morgan fingerprint density at radius 2 is 2.35 bits per heavy atom. The summed E-state index contributed by atoms with van der Waals surface area (Å²) in [6.07, 6.45) is 3.05. The van der Waals surface area contributed by atoms with Gasteiger partial charge in [-0.3, -0.25) is 0 Å². The van der Waals surface area contributed by atoms with Gasteiger partial charge in [-0.05, 0) is 17.7 Å². The minimum absolute atomic E-state index is 0.684. The zero-order valence-corrected chi connectivity index (χ0v) is 9.13. The van der Waals surface area contributed by atoms with Crippen LogP contribution in [0.15, 0.2) is 41.9 Å². The van der Waals surface area contributed by atoms with E-state index in [9.17, 15) is 5.21 Å². The number of fused-ring (bicyclic) bond motifs is 1. The Bertz CT molecular complexity index is 628. The van der Waals surface area contributed by atoms with Crippen LogP contribution < -0.4 is 0 Å². The number of benzene rings is 1. The molecule has 0 spiro atoms. The number of oxime groups is 1. The zero-order chi connectivity index (χ0) is 11.8. The van der Waals surface area contributed by atoms with Gasteiger partial charge < -0.3 is 10.0 Å². The lowest BCUT2D eigenvalue weighted by Crippen LogP contribution is -1.99. The summed E-state index contributed by atoms with van der Waals surface area (Å²) >= 11 is 0. The molecule has 0 fully saturated rings. The highest BCUT2D eigenvalue weighted by atomic mass is 16.6. The molecule has 0 bridgehead atoms. The fourth-order valence-electron chi connectivity index (χ4n) is 1.93. The Kier molecular flexibility index (Phi) is 2.11. The molecule has 0 saturated carbocycles. The van der Waals surface area contributed by atoms with E-state index in [1.807, 2.05) is 18.2 Å². The lowest BCUT2D eigenvalue weighted by atomic mass is 10.0. The molecule has 17 heavy (non-hydrogen) atoms. The highest BCUT2D eigenvalue weighted by Crippen LogP contribution is 2.19. The van der Waals surface area contributed by atoms with Crippen LogP contribution in [0.5, 0.6) is 0 Å². The Morgan fingerprint density at radius 3 is 3.12 bits per heavy atom. The minimum atomic E-state index is 0.684. The van der Waals surface area contributed by atoms with Crippen LogP contribution in [0.3, 0.4) is 0 Å². The third-order valence-corrected chi connectivity index (χ3v) is 2.73. The lowest BCUT2D eigenvalue weighted by Gasteiger charge is -1.99. The molecule has 0 aliphatic carbocycles. The van der Waals surface area contributed by atoms with Gasteiger partial charge in [0.1, 0.15) is 11.3 Å². The van der Waals surface area contributed by atoms with Gasteiger partial charge in [-0.2, -0.15) is 0 Å². The summed E-state index contributed by atoms with van der Waals surface area (Å²) in [6.45, 7) is 3.72. The van der Waals surface area contributed by atoms with Gasteiger partial charge in [0.2, 0.25) is 0 Å². The van der Waals surface area contributed by atoms with Crippen molar-refractivity contribution in [2.45, 2.75) is 12.8 Å². The maximum atomic E-state index is 9.37. The van der Waals surface area contributed by atoms with E-state index in [0.717, 1.165) is 27.9 Å². The van der Waals surface area contributed by atoms with Crippen molar-refractivity contribution >= 4 is 16.6 Å². The highest BCUT2D eigenvalue weighted by molar-refractivity contribution is 5.90. The van der Waals surface area contributed by atoms with Crippen molar-refractivity contribution in [1.82, 2.24) is 9.94 Å². The molecule has 86 valence electrons. The predicted molar refractivity (Wildman–Crippen MR) is 62.9 cm³/mol. The summed E-state index contributed by atoms with van der Waals surface area (Å²) < 4.78 is 0. The molecule has 0 saturated heterocycles. The van der Waals surface area contributed by atoms with Crippen LogP contribution in [0.2, 0.25) is 0 Å². The molecule has 1 aliphatic rings. The minimum Gasteiger partial charge on any atom is -0.411 e. The number of nitrogens with zero attached hydrogens (tertiary/aromatic N) is 3. The van der Waals surface area contributed by atoms with E-state index in [2.05, 4.69) is 16.8 Å². The molecule has 0 amide bonds. The van der Waals surface area contributed by atoms with Gasteiger partial charge >= 0.3 is 0 Å². The smallest absolute Gasteiger partial charge is 0.133 e. The Balaban J connectivity index is 1.88. The molecule has 1 N–H and O–H groups in total. The normalized spacial score (nSPS) is 15.1. The Labute approximate surface area is 97.6 Å². The van der Waals surface area contributed by atoms with Crippen molar-refractivity contribution in [1.29, 1.82) is 0 Å². The van der Waals surface area contributed by atoms with Gasteiger partial charge in [0.25, 0.3) is 0 Å². The fraction of sp³-hybridized carbons (Fsp3) is 0.167. The second-order valence-electron chi connectivity index (χ2n) is 4.07. The topological polar surface area (TPSA) is 59.6 Å². The molecule has 0 atom stereocenters. The van der Waals surface area contributed by atoms with Crippen LogP contribution in [0.1, 0.15) is 12.0 Å². The number of allylic oxidation sites excluding steroid dienone is 1. The quantitative estimate of drug-likeness (QED) is 0.802. The van der Waals surface area contributed by atoms with Gasteiger partial charge in [-0.15, -0.1) is 9.94 Å². The van der Waals surface area contributed by atoms with Gasteiger partial charge in [0, 0.05) is 11.8 Å². The first kappa shape index (κ1) is 9.89. The van der Waals surface area contributed by atoms with Crippen molar-refractivity contribution in [2.75, 3.05) is 0 Å².